The van der Waals surface area contributed by atoms with Gasteiger partial charge in [0.15, 0.2) is 5.16 Å². The summed E-state index contributed by atoms with van der Waals surface area (Å²) in [6.45, 7) is 6.03. The van der Waals surface area contributed by atoms with E-state index in [-0.39, 0.29) is 6.04 Å². The van der Waals surface area contributed by atoms with Crippen molar-refractivity contribution in [2.24, 2.45) is 0 Å². The van der Waals surface area contributed by atoms with Gasteiger partial charge in [0.25, 0.3) is 5.56 Å². The predicted molar refractivity (Wildman–Crippen MR) is 136 cm³/mol. The molecule has 4 aromatic rings. The van der Waals surface area contributed by atoms with Crippen LogP contribution in [-0.2, 0) is 4.74 Å². The zero-order valence-corrected chi connectivity index (χ0v) is 20.3. The van der Waals surface area contributed by atoms with Crippen molar-refractivity contribution in [2.75, 3.05) is 33.1 Å². The molecule has 0 aromatic carbocycles. The van der Waals surface area contributed by atoms with Gasteiger partial charge in [0, 0.05) is 56.1 Å². The molecular weight excluding hydrogens is 466 g/mol. The van der Waals surface area contributed by atoms with E-state index in [9.17, 15) is 9.59 Å². The van der Waals surface area contributed by atoms with Crippen LogP contribution in [0.2, 0.25) is 0 Å². The number of pyridine rings is 2. The summed E-state index contributed by atoms with van der Waals surface area (Å²) in [5, 5.41) is 1.00. The van der Waals surface area contributed by atoms with Crippen molar-refractivity contribution in [3.63, 3.8) is 0 Å². The number of fused-ring (bicyclic) bond motifs is 3. The van der Waals surface area contributed by atoms with E-state index in [0.29, 0.717) is 39.4 Å². The number of hydrogen-bond donors (Lipinski definition) is 1. The lowest BCUT2D eigenvalue weighted by molar-refractivity contribution is 0.163. The summed E-state index contributed by atoms with van der Waals surface area (Å²) in [6.07, 6.45) is 8.30. The van der Waals surface area contributed by atoms with Crippen LogP contribution in [0.1, 0.15) is 18.9 Å². The minimum absolute atomic E-state index is 0.103. The van der Waals surface area contributed by atoms with Gasteiger partial charge < -0.3 is 9.64 Å². The first-order valence-corrected chi connectivity index (χ1v) is 12.4. The van der Waals surface area contributed by atoms with Gasteiger partial charge in [0.1, 0.15) is 5.52 Å². The van der Waals surface area contributed by atoms with Gasteiger partial charge in [-0.2, -0.15) is 0 Å². The summed E-state index contributed by atoms with van der Waals surface area (Å²) < 4.78 is 6.89. The molecule has 10 nitrogen and oxygen atoms in total. The summed E-state index contributed by atoms with van der Waals surface area (Å²) in [5.74, 6) is 0. The fraction of sp³-hybridized carbons (Fsp3) is 0.333. The zero-order chi connectivity index (χ0) is 24.5. The molecule has 0 bridgehead atoms. The molecule has 5 rings (SSSR count). The van der Waals surface area contributed by atoms with Crippen molar-refractivity contribution in [3.8, 4) is 11.3 Å². The van der Waals surface area contributed by atoms with Crippen molar-refractivity contribution in [1.29, 1.82) is 0 Å². The Hall–Kier alpha value is -3.57. The first-order chi connectivity index (χ1) is 17.0. The third-order valence-electron chi connectivity index (χ3n) is 6.31. The average molecular weight is 492 g/mol. The third-order valence-corrected chi connectivity index (χ3v) is 6.88. The molecule has 180 valence electrons. The molecule has 0 unspecified atom stereocenters. The van der Waals surface area contributed by atoms with Gasteiger partial charge >= 0.3 is 5.69 Å². The lowest BCUT2D eigenvalue weighted by atomic mass is 10.0. The number of hydrogen-bond acceptors (Lipinski definition) is 9. The smallest absolute Gasteiger partial charge is 0.329 e. The molecule has 1 N–H and O–H groups in total. The van der Waals surface area contributed by atoms with Gasteiger partial charge in [-0.05, 0) is 31.2 Å². The van der Waals surface area contributed by atoms with E-state index in [1.807, 2.05) is 18.4 Å². The second kappa shape index (κ2) is 9.59. The summed E-state index contributed by atoms with van der Waals surface area (Å²) in [7, 11) is 1.65. The lowest BCUT2D eigenvalue weighted by Crippen LogP contribution is -2.40. The van der Waals surface area contributed by atoms with Crippen LogP contribution >= 0.6 is 11.8 Å². The number of H-pyrrole nitrogens is 1. The Morgan fingerprint density at radius 1 is 1.17 bits per heavy atom. The van der Waals surface area contributed by atoms with Crippen LogP contribution in [0.25, 0.3) is 33.2 Å². The van der Waals surface area contributed by atoms with Gasteiger partial charge in [-0.3, -0.25) is 19.3 Å². The number of rotatable bonds is 6. The molecule has 0 saturated carbocycles. The summed E-state index contributed by atoms with van der Waals surface area (Å²) >= 11 is 1.46. The van der Waals surface area contributed by atoms with Crippen molar-refractivity contribution in [3.05, 3.63) is 63.8 Å². The number of nitrogens with one attached hydrogen (secondary N) is 1. The SMILES string of the molecule is C=C(COC)N1CCC(n2c(=O)[nH]c(=O)c3cnc4ccc(-c5cnc(SC)nc5)nc4c32)CC1. The molecule has 5 heterocycles. The number of ether oxygens (including phenoxy) is 1. The van der Waals surface area contributed by atoms with Crippen LogP contribution in [0.3, 0.4) is 0 Å². The average Bonchev–Trinajstić information content (AvgIpc) is 2.89. The highest BCUT2D eigenvalue weighted by molar-refractivity contribution is 7.98. The number of aromatic nitrogens is 6. The number of methoxy groups -OCH3 is 1. The first-order valence-electron chi connectivity index (χ1n) is 11.2. The highest BCUT2D eigenvalue weighted by Crippen LogP contribution is 2.29. The van der Waals surface area contributed by atoms with E-state index in [1.165, 1.54) is 18.0 Å². The van der Waals surface area contributed by atoms with Gasteiger partial charge in [-0.25, -0.2) is 19.7 Å². The molecule has 4 aromatic heterocycles. The van der Waals surface area contributed by atoms with E-state index in [4.69, 9.17) is 9.72 Å². The van der Waals surface area contributed by atoms with Gasteiger partial charge in [-0.15, -0.1) is 0 Å². The predicted octanol–water partition coefficient (Wildman–Crippen LogP) is 2.61. The Morgan fingerprint density at radius 3 is 2.60 bits per heavy atom. The normalized spacial score (nSPS) is 14.6. The fourth-order valence-corrected chi connectivity index (χ4v) is 4.87. The number of piperidine rings is 1. The molecule has 11 heteroatoms. The molecule has 1 aliphatic heterocycles. The molecule has 1 fully saturated rings. The third kappa shape index (κ3) is 4.32. The highest BCUT2D eigenvalue weighted by Gasteiger charge is 2.25. The van der Waals surface area contributed by atoms with Crippen molar-refractivity contribution in [1.82, 2.24) is 34.4 Å². The number of aromatic amines is 1. The molecule has 0 amide bonds. The summed E-state index contributed by atoms with van der Waals surface area (Å²) in [6, 6.07) is 3.58. The van der Waals surface area contributed by atoms with Crippen molar-refractivity contribution in [2.45, 2.75) is 24.0 Å². The van der Waals surface area contributed by atoms with E-state index >= 15 is 0 Å². The van der Waals surface area contributed by atoms with Gasteiger partial charge in [0.2, 0.25) is 0 Å². The Morgan fingerprint density at radius 2 is 1.91 bits per heavy atom. The molecular formula is C24H25N7O3S. The summed E-state index contributed by atoms with van der Waals surface area (Å²) in [4.78, 5) is 48.4. The van der Waals surface area contributed by atoms with Crippen molar-refractivity contribution < 1.29 is 4.74 Å². The van der Waals surface area contributed by atoms with Crippen molar-refractivity contribution >= 4 is 33.7 Å². The number of likely N-dealkylation sites (tertiary alicyclic amines) is 1. The maximum Gasteiger partial charge on any atom is 0.329 e. The molecule has 0 radical (unpaired) electrons. The molecule has 1 saturated heterocycles. The zero-order valence-electron chi connectivity index (χ0n) is 19.5. The molecule has 0 aliphatic carbocycles. The van der Waals surface area contributed by atoms with Crippen LogP contribution in [0.4, 0.5) is 0 Å². The quantitative estimate of drug-likeness (QED) is 0.247. The second-order valence-electron chi connectivity index (χ2n) is 8.39. The van der Waals surface area contributed by atoms with Crippen LogP contribution in [0.15, 0.2) is 57.7 Å². The van der Waals surface area contributed by atoms with E-state index in [2.05, 4.69) is 31.4 Å². The maximum absolute atomic E-state index is 13.1. The maximum atomic E-state index is 13.1. The first kappa shape index (κ1) is 23.2. The van der Waals surface area contributed by atoms with Gasteiger partial charge in [0.05, 0.1) is 28.7 Å². The van der Waals surface area contributed by atoms with Crippen LogP contribution in [0, 0.1) is 0 Å². The van der Waals surface area contributed by atoms with E-state index in [1.54, 1.807) is 24.1 Å². The standard InChI is InChI=1S/C24H25N7O3S/c1-14(13-34-2)30-8-6-16(7-9-30)31-21-17(22(32)29-24(31)33)12-25-19-5-4-18(28-20(19)21)15-10-26-23(35-3)27-11-15/h4-5,10-12,16H,1,6-9,13H2,2-3H3,(H,29,32,33). The Bertz CT molecular complexity index is 1520. The molecule has 1 aliphatic rings. The highest BCUT2D eigenvalue weighted by atomic mass is 32.2. The Balaban J connectivity index is 1.63. The molecule has 0 atom stereocenters. The van der Waals surface area contributed by atoms with E-state index < -0.39 is 11.2 Å². The van der Waals surface area contributed by atoms with Crippen LogP contribution in [-0.4, -0.2) is 67.4 Å². The Labute approximate surface area is 205 Å². The fourth-order valence-electron chi connectivity index (χ4n) is 4.55. The number of thioether (sulfide) groups is 1. The minimum Gasteiger partial charge on any atom is -0.379 e. The Kier molecular flexibility index (Phi) is 6.35. The minimum atomic E-state index is -0.471. The lowest BCUT2D eigenvalue weighted by Gasteiger charge is -2.35. The van der Waals surface area contributed by atoms with Gasteiger partial charge in [-0.1, -0.05) is 18.3 Å². The molecule has 35 heavy (non-hydrogen) atoms. The molecule has 0 spiro atoms. The largest absolute Gasteiger partial charge is 0.379 e. The summed E-state index contributed by atoms with van der Waals surface area (Å²) in [5.41, 5.74) is 3.00. The topological polar surface area (TPSA) is 119 Å². The van der Waals surface area contributed by atoms with Crippen LogP contribution < -0.4 is 11.2 Å². The van der Waals surface area contributed by atoms with Crippen LogP contribution in [0.5, 0.6) is 0 Å². The van der Waals surface area contributed by atoms with E-state index in [0.717, 1.165) is 37.2 Å². The second-order valence-corrected chi connectivity index (χ2v) is 9.16. The number of nitrogens with zero attached hydrogens (tertiary/aromatic N) is 6. The monoisotopic (exact) mass is 491 g/mol.